The predicted molar refractivity (Wildman–Crippen MR) is 69.3 cm³/mol. The van der Waals surface area contributed by atoms with Gasteiger partial charge in [-0.05, 0) is 37.1 Å². The van der Waals surface area contributed by atoms with Crippen LogP contribution in [0.25, 0.3) is 0 Å². The van der Waals surface area contributed by atoms with E-state index in [0.29, 0.717) is 37.2 Å². The van der Waals surface area contributed by atoms with Crippen LogP contribution in [0, 0.1) is 5.92 Å². The van der Waals surface area contributed by atoms with Gasteiger partial charge in [0.2, 0.25) is 0 Å². The van der Waals surface area contributed by atoms with E-state index in [0.717, 1.165) is 0 Å². The lowest BCUT2D eigenvalue weighted by molar-refractivity contribution is -0.143. The molecule has 1 amide bonds. The largest absolute Gasteiger partial charge is 0.497 e. The van der Waals surface area contributed by atoms with E-state index in [1.807, 2.05) is 0 Å². The molecule has 0 aliphatic carbocycles. The fourth-order valence-electron chi connectivity index (χ4n) is 2.25. The molecule has 5 heteroatoms. The van der Waals surface area contributed by atoms with Crippen LogP contribution in [0.3, 0.4) is 0 Å². The van der Waals surface area contributed by atoms with Gasteiger partial charge in [-0.3, -0.25) is 9.59 Å². The maximum Gasteiger partial charge on any atom is 0.306 e. The minimum absolute atomic E-state index is 0.0495. The van der Waals surface area contributed by atoms with Crippen LogP contribution >= 0.6 is 0 Å². The quantitative estimate of drug-likeness (QED) is 0.900. The molecular formula is C14H17NO4. The lowest BCUT2D eigenvalue weighted by Crippen LogP contribution is -2.40. The number of carbonyl (C=O) groups excluding carboxylic acids is 1. The second kappa shape index (κ2) is 5.73. The van der Waals surface area contributed by atoms with Gasteiger partial charge in [-0.1, -0.05) is 0 Å². The molecule has 1 saturated heterocycles. The molecular weight excluding hydrogens is 246 g/mol. The number of benzene rings is 1. The molecule has 1 aliphatic rings. The summed E-state index contributed by atoms with van der Waals surface area (Å²) in [6.45, 7) is 1.00. The molecule has 1 aromatic rings. The first-order chi connectivity index (χ1) is 9.11. The van der Waals surface area contributed by atoms with Crippen LogP contribution < -0.4 is 4.74 Å². The molecule has 1 N–H and O–H groups in total. The molecule has 19 heavy (non-hydrogen) atoms. The van der Waals surface area contributed by atoms with Gasteiger partial charge in [0.05, 0.1) is 13.0 Å². The SMILES string of the molecule is COc1ccc(C(=O)N2CCC(C(=O)O)CC2)cc1. The molecule has 1 fully saturated rings. The number of carbonyl (C=O) groups is 2. The Balaban J connectivity index is 1.98. The summed E-state index contributed by atoms with van der Waals surface area (Å²) >= 11 is 0. The molecule has 0 spiro atoms. The van der Waals surface area contributed by atoms with Gasteiger partial charge < -0.3 is 14.7 Å². The Morgan fingerprint density at radius 3 is 2.26 bits per heavy atom. The van der Waals surface area contributed by atoms with Crippen molar-refractivity contribution in [2.24, 2.45) is 5.92 Å². The van der Waals surface area contributed by atoms with Crippen LogP contribution in [0.2, 0.25) is 0 Å². The van der Waals surface area contributed by atoms with Gasteiger partial charge in [0.25, 0.3) is 5.91 Å². The van der Waals surface area contributed by atoms with Crippen molar-refractivity contribution in [1.29, 1.82) is 0 Å². The van der Waals surface area contributed by atoms with E-state index >= 15 is 0 Å². The molecule has 0 radical (unpaired) electrons. The van der Waals surface area contributed by atoms with Gasteiger partial charge in [-0.15, -0.1) is 0 Å². The minimum Gasteiger partial charge on any atom is -0.497 e. The normalized spacial score (nSPS) is 16.2. The van der Waals surface area contributed by atoms with Crippen molar-refractivity contribution in [2.75, 3.05) is 20.2 Å². The van der Waals surface area contributed by atoms with E-state index in [-0.39, 0.29) is 11.8 Å². The first kappa shape index (κ1) is 13.4. The van der Waals surface area contributed by atoms with Gasteiger partial charge in [0.1, 0.15) is 5.75 Å². The van der Waals surface area contributed by atoms with Gasteiger partial charge >= 0.3 is 5.97 Å². The van der Waals surface area contributed by atoms with Gasteiger partial charge in [-0.25, -0.2) is 0 Å². The number of ether oxygens (including phenoxy) is 1. The molecule has 0 aromatic heterocycles. The predicted octanol–water partition coefficient (Wildman–Crippen LogP) is 1.63. The zero-order valence-electron chi connectivity index (χ0n) is 10.8. The molecule has 5 nitrogen and oxygen atoms in total. The highest BCUT2D eigenvalue weighted by atomic mass is 16.5. The van der Waals surface area contributed by atoms with Crippen molar-refractivity contribution in [3.63, 3.8) is 0 Å². The number of carboxylic acid groups (broad SMARTS) is 1. The Morgan fingerprint density at radius 2 is 1.79 bits per heavy atom. The number of likely N-dealkylation sites (tertiary alicyclic amines) is 1. The number of piperidine rings is 1. The molecule has 1 aliphatic heterocycles. The van der Waals surface area contributed by atoms with Gasteiger partial charge in [-0.2, -0.15) is 0 Å². The van der Waals surface area contributed by atoms with Crippen LogP contribution in [-0.2, 0) is 4.79 Å². The Hall–Kier alpha value is -2.04. The van der Waals surface area contributed by atoms with E-state index < -0.39 is 5.97 Å². The number of rotatable bonds is 3. The highest BCUT2D eigenvalue weighted by Crippen LogP contribution is 2.20. The smallest absolute Gasteiger partial charge is 0.306 e. The van der Waals surface area contributed by atoms with Crippen molar-refractivity contribution in [3.8, 4) is 5.75 Å². The van der Waals surface area contributed by atoms with Gasteiger partial charge in [0.15, 0.2) is 0 Å². The summed E-state index contributed by atoms with van der Waals surface area (Å²) < 4.78 is 5.04. The van der Waals surface area contributed by atoms with Crippen LogP contribution in [-0.4, -0.2) is 42.1 Å². The fraction of sp³-hybridized carbons (Fsp3) is 0.429. The number of methoxy groups -OCH3 is 1. The van der Waals surface area contributed by atoms with Gasteiger partial charge in [0, 0.05) is 18.7 Å². The van der Waals surface area contributed by atoms with Crippen molar-refractivity contribution in [3.05, 3.63) is 29.8 Å². The average molecular weight is 263 g/mol. The number of amides is 1. The summed E-state index contributed by atoms with van der Waals surface area (Å²) in [5, 5.41) is 8.92. The molecule has 0 saturated carbocycles. The van der Waals surface area contributed by atoms with E-state index in [9.17, 15) is 9.59 Å². The van der Waals surface area contributed by atoms with Crippen LogP contribution in [0.4, 0.5) is 0 Å². The first-order valence-corrected chi connectivity index (χ1v) is 6.28. The number of carboxylic acids is 1. The molecule has 2 rings (SSSR count). The lowest BCUT2D eigenvalue weighted by atomic mass is 9.96. The summed E-state index contributed by atoms with van der Waals surface area (Å²) in [4.78, 5) is 24.8. The number of aliphatic carboxylic acids is 1. The van der Waals surface area contributed by atoms with Crippen molar-refractivity contribution in [2.45, 2.75) is 12.8 Å². The first-order valence-electron chi connectivity index (χ1n) is 6.28. The summed E-state index contributed by atoms with van der Waals surface area (Å²) in [6.07, 6.45) is 1.05. The van der Waals surface area contributed by atoms with Crippen molar-refractivity contribution < 1.29 is 19.4 Å². The van der Waals surface area contributed by atoms with Crippen LogP contribution in [0.5, 0.6) is 5.75 Å². The molecule has 1 aromatic carbocycles. The number of hydrogen-bond donors (Lipinski definition) is 1. The highest BCUT2D eigenvalue weighted by molar-refractivity contribution is 5.94. The number of hydrogen-bond acceptors (Lipinski definition) is 3. The third kappa shape index (κ3) is 3.05. The maximum absolute atomic E-state index is 12.2. The second-order valence-corrected chi connectivity index (χ2v) is 4.63. The summed E-state index contributed by atoms with van der Waals surface area (Å²) in [5.41, 5.74) is 0.606. The Morgan fingerprint density at radius 1 is 1.21 bits per heavy atom. The monoisotopic (exact) mass is 263 g/mol. The van der Waals surface area contributed by atoms with E-state index in [4.69, 9.17) is 9.84 Å². The third-order valence-corrected chi connectivity index (χ3v) is 3.47. The lowest BCUT2D eigenvalue weighted by Gasteiger charge is -2.30. The summed E-state index contributed by atoms with van der Waals surface area (Å²) in [5.74, 6) is -0.427. The molecule has 0 unspecified atom stereocenters. The van der Waals surface area contributed by atoms with E-state index in [1.165, 1.54) is 0 Å². The van der Waals surface area contributed by atoms with Crippen molar-refractivity contribution >= 4 is 11.9 Å². The molecule has 102 valence electrons. The standard InChI is InChI=1S/C14H17NO4/c1-19-12-4-2-10(3-5-12)13(16)15-8-6-11(7-9-15)14(17)18/h2-5,11H,6-9H2,1H3,(H,17,18). The Labute approximate surface area is 111 Å². The maximum atomic E-state index is 12.2. The fourth-order valence-corrected chi connectivity index (χ4v) is 2.25. The summed E-state index contributed by atoms with van der Waals surface area (Å²) in [7, 11) is 1.58. The number of nitrogens with zero attached hydrogens (tertiary/aromatic N) is 1. The minimum atomic E-state index is -0.767. The molecule has 0 atom stereocenters. The summed E-state index contributed by atoms with van der Waals surface area (Å²) in [6, 6.07) is 6.95. The zero-order chi connectivity index (χ0) is 13.8. The van der Waals surface area contributed by atoms with Crippen molar-refractivity contribution in [1.82, 2.24) is 4.90 Å². The van der Waals surface area contributed by atoms with Crippen LogP contribution in [0.1, 0.15) is 23.2 Å². The Kier molecular flexibility index (Phi) is 4.04. The Bertz CT molecular complexity index is 461. The second-order valence-electron chi connectivity index (χ2n) is 4.63. The zero-order valence-corrected chi connectivity index (χ0v) is 10.8. The van der Waals surface area contributed by atoms with Crippen LogP contribution in [0.15, 0.2) is 24.3 Å². The van der Waals surface area contributed by atoms with E-state index in [2.05, 4.69) is 0 Å². The highest BCUT2D eigenvalue weighted by Gasteiger charge is 2.27. The molecule has 0 bridgehead atoms. The topological polar surface area (TPSA) is 66.8 Å². The molecule has 1 heterocycles. The third-order valence-electron chi connectivity index (χ3n) is 3.47. The van der Waals surface area contributed by atoms with E-state index in [1.54, 1.807) is 36.3 Å². The average Bonchev–Trinajstić information content (AvgIpc) is 2.46.